The van der Waals surface area contributed by atoms with Gasteiger partial charge in [-0.2, -0.15) is 5.10 Å². The molecule has 0 aliphatic rings. The van der Waals surface area contributed by atoms with Crippen LogP contribution in [0.4, 0.5) is 0 Å². The lowest BCUT2D eigenvalue weighted by molar-refractivity contribution is 0.0954. The molecule has 0 aliphatic heterocycles. The summed E-state index contributed by atoms with van der Waals surface area (Å²) in [5.74, 6) is 0.304. The number of pyridine rings is 1. The second-order valence-electron chi connectivity index (χ2n) is 6.10. The molecular weight excluding hydrogens is 370 g/mol. The molecule has 2 aromatic heterocycles. The van der Waals surface area contributed by atoms with Crippen molar-refractivity contribution in [2.75, 3.05) is 0 Å². The number of fused-ring (bicyclic) bond motifs is 1. The maximum Gasteiger partial charge on any atom is 0.271 e. The van der Waals surface area contributed by atoms with Crippen LogP contribution >= 0.6 is 11.8 Å². The minimum absolute atomic E-state index is 0.252. The van der Waals surface area contributed by atoms with Gasteiger partial charge in [-0.15, -0.1) is 0 Å². The minimum Gasteiger partial charge on any atom is -0.448 e. The van der Waals surface area contributed by atoms with Crippen LogP contribution in [0.2, 0.25) is 0 Å². The van der Waals surface area contributed by atoms with Gasteiger partial charge in [0.25, 0.3) is 5.91 Å². The van der Waals surface area contributed by atoms with Crippen LogP contribution < -0.4 is 5.43 Å². The summed E-state index contributed by atoms with van der Waals surface area (Å²) in [5.41, 5.74) is 4.96. The smallest absolute Gasteiger partial charge is 0.271 e. The third-order valence-electron chi connectivity index (χ3n) is 4.16. The lowest BCUT2D eigenvalue weighted by atomic mass is 10.1. The molecule has 0 unspecified atom stereocenters. The highest BCUT2D eigenvalue weighted by Gasteiger charge is 2.08. The van der Waals surface area contributed by atoms with Crippen molar-refractivity contribution in [1.29, 1.82) is 0 Å². The number of hydrazone groups is 1. The fourth-order valence-electron chi connectivity index (χ4n) is 2.77. The first-order valence-electron chi connectivity index (χ1n) is 8.71. The molecule has 4 aromatic rings. The average Bonchev–Trinajstić information content (AvgIpc) is 3.16. The zero-order valence-electron chi connectivity index (χ0n) is 15.1. The van der Waals surface area contributed by atoms with Crippen molar-refractivity contribution in [3.8, 4) is 0 Å². The second kappa shape index (κ2) is 8.10. The molecule has 1 amide bonds. The molecule has 0 aliphatic carbocycles. The van der Waals surface area contributed by atoms with Crippen molar-refractivity contribution in [2.24, 2.45) is 5.10 Å². The summed E-state index contributed by atoms with van der Waals surface area (Å²) in [7, 11) is 0. The van der Waals surface area contributed by atoms with Gasteiger partial charge < -0.3 is 4.42 Å². The van der Waals surface area contributed by atoms with Gasteiger partial charge in [0.05, 0.1) is 11.7 Å². The molecule has 5 nitrogen and oxygen atoms in total. The Morgan fingerprint density at radius 3 is 2.82 bits per heavy atom. The molecule has 138 valence electrons. The van der Waals surface area contributed by atoms with Crippen molar-refractivity contribution in [3.63, 3.8) is 0 Å². The summed E-state index contributed by atoms with van der Waals surface area (Å²) in [4.78, 5) is 17.6. The van der Waals surface area contributed by atoms with Gasteiger partial charge in [0.2, 0.25) is 0 Å². The number of aromatic nitrogens is 1. The number of carbonyl (C=O) groups excluding carboxylic acids is 1. The van der Waals surface area contributed by atoms with E-state index in [-0.39, 0.29) is 5.91 Å². The van der Waals surface area contributed by atoms with E-state index in [1.165, 1.54) is 18.0 Å². The summed E-state index contributed by atoms with van der Waals surface area (Å²) < 4.78 is 5.78. The van der Waals surface area contributed by atoms with Crippen LogP contribution in [-0.4, -0.2) is 17.1 Å². The Kier molecular flexibility index (Phi) is 5.21. The number of para-hydroxylation sites is 1. The number of benzene rings is 2. The maximum atomic E-state index is 12.2. The van der Waals surface area contributed by atoms with Crippen LogP contribution in [0.15, 0.2) is 92.4 Å². The Morgan fingerprint density at radius 1 is 1.07 bits per heavy atom. The van der Waals surface area contributed by atoms with Crippen LogP contribution in [0.25, 0.3) is 10.9 Å². The van der Waals surface area contributed by atoms with E-state index in [1.54, 1.807) is 12.3 Å². The number of furan rings is 1. The molecule has 0 spiro atoms. The highest BCUT2D eigenvalue weighted by atomic mass is 32.2. The van der Waals surface area contributed by atoms with Crippen LogP contribution in [0, 0.1) is 6.92 Å². The normalized spacial score (nSPS) is 11.2. The quantitative estimate of drug-likeness (QED) is 0.384. The lowest BCUT2D eigenvalue weighted by Gasteiger charge is -2.03. The van der Waals surface area contributed by atoms with Crippen molar-refractivity contribution in [1.82, 2.24) is 10.4 Å². The maximum absolute atomic E-state index is 12.2. The Balaban J connectivity index is 1.44. The highest BCUT2D eigenvalue weighted by Crippen LogP contribution is 2.33. The van der Waals surface area contributed by atoms with E-state index in [4.69, 9.17) is 4.42 Å². The molecule has 28 heavy (non-hydrogen) atoms. The molecular formula is C22H17N3O2S. The molecule has 0 fully saturated rings. The third kappa shape index (κ3) is 3.97. The summed E-state index contributed by atoms with van der Waals surface area (Å²) >= 11 is 1.50. The molecule has 0 atom stereocenters. The van der Waals surface area contributed by atoms with E-state index in [0.29, 0.717) is 11.3 Å². The monoisotopic (exact) mass is 387 g/mol. The van der Waals surface area contributed by atoms with Gasteiger partial charge in [-0.25, -0.2) is 5.43 Å². The van der Waals surface area contributed by atoms with Gasteiger partial charge >= 0.3 is 0 Å². The Hall–Kier alpha value is -3.38. The number of carbonyl (C=O) groups is 1. The standard InChI is InChI=1S/C22H17N3O2S/c1-15-6-2-3-9-18(15)22(26)25-24-14-17-11-12-20(27-17)28-19-10-4-7-16-8-5-13-23-21(16)19/h2-14H,1H3,(H,25,26). The van der Waals surface area contributed by atoms with Crippen LogP contribution in [-0.2, 0) is 0 Å². The summed E-state index contributed by atoms with van der Waals surface area (Å²) in [6, 6.07) is 21.0. The van der Waals surface area contributed by atoms with E-state index in [9.17, 15) is 4.79 Å². The predicted molar refractivity (Wildman–Crippen MR) is 111 cm³/mol. The Bertz CT molecular complexity index is 1160. The fourth-order valence-corrected chi connectivity index (χ4v) is 3.67. The molecule has 0 saturated heterocycles. The largest absolute Gasteiger partial charge is 0.448 e. The summed E-state index contributed by atoms with van der Waals surface area (Å²) in [5, 5.41) is 5.80. The number of nitrogens with zero attached hydrogens (tertiary/aromatic N) is 2. The van der Waals surface area contributed by atoms with E-state index < -0.39 is 0 Å². The van der Waals surface area contributed by atoms with Gasteiger partial charge in [-0.3, -0.25) is 9.78 Å². The first kappa shape index (κ1) is 18.0. The number of amides is 1. The molecule has 2 aromatic carbocycles. The SMILES string of the molecule is Cc1ccccc1C(=O)NN=Cc1ccc(Sc2cccc3cccnc23)o1. The van der Waals surface area contributed by atoms with E-state index >= 15 is 0 Å². The van der Waals surface area contributed by atoms with Crippen LogP contribution in [0.3, 0.4) is 0 Å². The third-order valence-corrected chi connectivity index (χ3v) is 5.13. The molecule has 0 saturated carbocycles. The van der Waals surface area contributed by atoms with Crippen LogP contribution in [0.1, 0.15) is 21.7 Å². The number of aryl methyl sites for hydroxylation is 1. The Labute approximate surface area is 166 Å². The highest BCUT2D eigenvalue weighted by molar-refractivity contribution is 7.99. The molecule has 0 bridgehead atoms. The fraction of sp³-hybridized carbons (Fsp3) is 0.0455. The van der Waals surface area contributed by atoms with Crippen LogP contribution in [0.5, 0.6) is 0 Å². The lowest BCUT2D eigenvalue weighted by Crippen LogP contribution is -2.18. The van der Waals surface area contributed by atoms with Gasteiger partial charge in [0.1, 0.15) is 5.76 Å². The van der Waals surface area contributed by atoms with E-state index in [1.807, 2.05) is 67.6 Å². The van der Waals surface area contributed by atoms with E-state index in [2.05, 4.69) is 15.5 Å². The summed E-state index contributed by atoms with van der Waals surface area (Å²) in [6.07, 6.45) is 3.27. The molecule has 2 heterocycles. The van der Waals surface area contributed by atoms with Crippen molar-refractivity contribution < 1.29 is 9.21 Å². The summed E-state index contributed by atoms with van der Waals surface area (Å²) in [6.45, 7) is 1.89. The molecule has 0 radical (unpaired) electrons. The number of rotatable bonds is 5. The number of hydrogen-bond donors (Lipinski definition) is 1. The number of nitrogens with one attached hydrogen (secondary N) is 1. The topological polar surface area (TPSA) is 67.5 Å². The first-order valence-corrected chi connectivity index (χ1v) is 9.53. The molecule has 1 N–H and O–H groups in total. The van der Waals surface area contributed by atoms with E-state index in [0.717, 1.165) is 26.5 Å². The zero-order valence-corrected chi connectivity index (χ0v) is 15.9. The minimum atomic E-state index is -0.252. The number of hydrogen-bond acceptors (Lipinski definition) is 5. The van der Waals surface area contributed by atoms with Gasteiger partial charge in [0.15, 0.2) is 5.09 Å². The van der Waals surface area contributed by atoms with Gasteiger partial charge in [-0.05, 0) is 54.6 Å². The van der Waals surface area contributed by atoms with Crippen molar-refractivity contribution >= 4 is 34.8 Å². The Morgan fingerprint density at radius 2 is 1.93 bits per heavy atom. The van der Waals surface area contributed by atoms with Crippen molar-refractivity contribution in [2.45, 2.75) is 16.9 Å². The molecule has 4 rings (SSSR count). The van der Waals surface area contributed by atoms with Gasteiger partial charge in [0, 0.05) is 22.0 Å². The zero-order chi connectivity index (χ0) is 19.3. The second-order valence-corrected chi connectivity index (χ2v) is 7.15. The molecule has 6 heteroatoms. The first-order chi connectivity index (χ1) is 13.7. The van der Waals surface area contributed by atoms with Crippen molar-refractivity contribution in [3.05, 3.63) is 89.8 Å². The van der Waals surface area contributed by atoms with Gasteiger partial charge in [-0.1, -0.05) is 36.4 Å². The predicted octanol–water partition coefficient (Wildman–Crippen LogP) is 5.05. The average molecular weight is 387 g/mol.